The quantitative estimate of drug-likeness (QED) is 0.667. The highest BCUT2D eigenvalue weighted by Crippen LogP contribution is 2.23. The predicted octanol–water partition coefficient (Wildman–Crippen LogP) is 3.59. The first-order chi connectivity index (χ1) is 5.96. The molecule has 0 rings (SSSR count). The summed E-state index contributed by atoms with van der Waals surface area (Å²) in [5.74, 6) is 0.710. The molecule has 2 unspecified atom stereocenters. The molecule has 0 bridgehead atoms. The Labute approximate surface area is 84.3 Å². The summed E-state index contributed by atoms with van der Waals surface area (Å²) in [5.41, 5.74) is 0.324. The van der Waals surface area contributed by atoms with Crippen molar-refractivity contribution in [1.29, 1.82) is 0 Å². The van der Waals surface area contributed by atoms with Crippen LogP contribution in [0.25, 0.3) is 0 Å². The van der Waals surface area contributed by atoms with Crippen LogP contribution in [-0.4, -0.2) is 11.6 Å². The molecule has 0 aliphatic carbocycles. The van der Waals surface area contributed by atoms with E-state index in [9.17, 15) is 0 Å². The fraction of sp³-hybridized carbons (Fsp3) is 1.00. The first-order valence-electron chi connectivity index (χ1n) is 5.74. The van der Waals surface area contributed by atoms with E-state index in [4.69, 9.17) is 0 Å². The zero-order valence-corrected chi connectivity index (χ0v) is 10.3. The maximum atomic E-state index is 3.74. The third-order valence-electron chi connectivity index (χ3n) is 3.23. The van der Waals surface area contributed by atoms with Gasteiger partial charge in [0.25, 0.3) is 0 Å². The van der Waals surface area contributed by atoms with Gasteiger partial charge in [-0.3, -0.25) is 0 Å². The van der Waals surface area contributed by atoms with E-state index in [1.165, 1.54) is 19.3 Å². The number of hydrogen-bond donors (Lipinski definition) is 1. The molecule has 0 aromatic carbocycles. The summed E-state index contributed by atoms with van der Waals surface area (Å²) in [6.07, 6.45) is 3.75. The monoisotopic (exact) mass is 185 g/mol. The Bertz CT molecular complexity index is 131. The molecule has 0 aromatic rings. The largest absolute Gasteiger partial charge is 0.309 e. The summed E-state index contributed by atoms with van der Waals surface area (Å²) in [4.78, 5) is 0. The second kappa shape index (κ2) is 5.64. The smallest absolute Gasteiger partial charge is 0.0178 e. The van der Waals surface area contributed by atoms with Gasteiger partial charge < -0.3 is 5.32 Å². The van der Waals surface area contributed by atoms with Crippen molar-refractivity contribution >= 4 is 0 Å². The zero-order chi connectivity index (χ0) is 10.5. The molecule has 0 fully saturated rings. The summed E-state index contributed by atoms with van der Waals surface area (Å²) in [7, 11) is 0. The van der Waals surface area contributed by atoms with E-state index < -0.39 is 0 Å². The third-order valence-corrected chi connectivity index (χ3v) is 3.23. The van der Waals surface area contributed by atoms with E-state index in [2.05, 4.69) is 46.9 Å². The molecular formula is C12H27N. The molecule has 0 spiro atoms. The summed E-state index contributed by atoms with van der Waals surface area (Å²) in [6, 6.07) is 0.638. The molecule has 80 valence electrons. The van der Waals surface area contributed by atoms with Crippen LogP contribution in [0, 0.1) is 5.92 Å². The summed E-state index contributed by atoms with van der Waals surface area (Å²) in [6.45, 7) is 13.8. The normalized spacial score (nSPS) is 18.7. The molecule has 0 saturated carbocycles. The van der Waals surface area contributed by atoms with Crippen molar-refractivity contribution in [2.75, 3.05) is 0 Å². The molecule has 0 heterocycles. The lowest BCUT2D eigenvalue weighted by Crippen LogP contribution is -2.50. The Morgan fingerprint density at radius 3 is 2.00 bits per heavy atom. The molecule has 1 nitrogen and oxygen atoms in total. The van der Waals surface area contributed by atoms with Gasteiger partial charge in [-0.25, -0.2) is 0 Å². The van der Waals surface area contributed by atoms with Gasteiger partial charge in [0.2, 0.25) is 0 Å². The van der Waals surface area contributed by atoms with Gasteiger partial charge in [-0.05, 0) is 32.6 Å². The Morgan fingerprint density at radius 2 is 1.69 bits per heavy atom. The molecule has 0 aliphatic heterocycles. The molecular weight excluding hydrogens is 158 g/mol. The van der Waals surface area contributed by atoms with Gasteiger partial charge in [-0.2, -0.15) is 0 Å². The lowest BCUT2D eigenvalue weighted by molar-refractivity contribution is 0.216. The van der Waals surface area contributed by atoms with Gasteiger partial charge in [0.1, 0.15) is 0 Å². The number of rotatable bonds is 6. The van der Waals surface area contributed by atoms with Crippen molar-refractivity contribution in [2.45, 2.75) is 72.4 Å². The maximum absolute atomic E-state index is 3.74. The van der Waals surface area contributed by atoms with E-state index in [0.717, 1.165) is 0 Å². The lowest BCUT2D eigenvalue weighted by Gasteiger charge is -2.37. The van der Waals surface area contributed by atoms with Crippen LogP contribution < -0.4 is 5.32 Å². The number of hydrogen-bond acceptors (Lipinski definition) is 1. The van der Waals surface area contributed by atoms with Crippen LogP contribution >= 0.6 is 0 Å². The molecule has 1 heteroatoms. The lowest BCUT2D eigenvalue weighted by atomic mass is 9.83. The predicted molar refractivity (Wildman–Crippen MR) is 61.0 cm³/mol. The fourth-order valence-electron chi connectivity index (χ4n) is 1.71. The van der Waals surface area contributed by atoms with Crippen LogP contribution in [0.2, 0.25) is 0 Å². The summed E-state index contributed by atoms with van der Waals surface area (Å²) < 4.78 is 0. The van der Waals surface area contributed by atoms with Crippen LogP contribution in [0.4, 0.5) is 0 Å². The van der Waals surface area contributed by atoms with Crippen molar-refractivity contribution in [3.63, 3.8) is 0 Å². The van der Waals surface area contributed by atoms with Crippen LogP contribution in [0.15, 0.2) is 0 Å². The van der Waals surface area contributed by atoms with Gasteiger partial charge in [0, 0.05) is 11.6 Å². The SMILES string of the molecule is CCCC(C)(NC(C)CC)C(C)C. The number of nitrogens with one attached hydrogen (secondary N) is 1. The highest BCUT2D eigenvalue weighted by molar-refractivity contribution is 4.87. The molecule has 0 radical (unpaired) electrons. The third kappa shape index (κ3) is 4.12. The van der Waals surface area contributed by atoms with Crippen molar-refractivity contribution in [3.8, 4) is 0 Å². The Morgan fingerprint density at radius 1 is 1.15 bits per heavy atom. The minimum absolute atomic E-state index is 0.324. The van der Waals surface area contributed by atoms with E-state index in [0.29, 0.717) is 17.5 Å². The second-order valence-electron chi connectivity index (χ2n) is 4.78. The molecule has 0 amide bonds. The van der Waals surface area contributed by atoms with Crippen LogP contribution in [-0.2, 0) is 0 Å². The highest BCUT2D eigenvalue weighted by Gasteiger charge is 2.27. The molecule has 0 aromatic heterocycles. The molecule has 0 saturated heterocycles. The Balaban J connectivity index is 4.23. The Kier molecular flexibility index (Phi) is 5.62. The van der Waals surface area contributed by atoms with E-state index >= 15 is 0 Å². The van der Waals surface area contributed by atoms with Gasteiger partial charge in [-0.1, -0.05) is 34.1 Å². The topological polar surface area (TPSA) is 12.0 Å². The van der Waals surface area contributed by atoms with Gasteiger partial charge in [-0.15, -0.1) is 0 Å². The second-order valence-corrected chi connectivity index (χ2v) is 4.78. The first-order valence-corrected chi connectivity index (χ1v) is 5.74. The van der Waals surface area contributed by atoms with Gasteiger partial charge in [0.05, 0.1) is 0 Å². The average Bonchev–Trinajstić information content (AvgIpc) is 2.04. The van der Waals surface area contributed by atoms with Crippen molar-refractivity contribution in [1.82, 2.24) is 5.32 Å². The fourth-order valence-corrected chi connectivity index (χ4v) is 1.71. The minimum atomic E-state index is 0.324. The van der Waals surface area contributed by atoms with Gasteiger partial charge in [0.15, 0.2) is 0 Å². The van der Waals surface area contributed by atoms with E-state index in [1.54, 1.807) is 0 Å². The molecule has 0 aliphatic rings. The van der Waals surface area contributed by atoms with Crippen molar-refractivity contribution < 1.29 is 0 Å². The van der Waals surface area contributed by atoms with Crippen molar-refractivity contribution in [3.05, 3.63) is 0 Å². The zero-order valence-electron chi connectivity index (χ0n) is 10.3. The maximum Gasteiger partial charge on any atom is 0.0178 e. The molecule has 13 heavy (non-hydrogen) atoms. The van der Waals surface area contributed by atoms with Crippen LogP contribution in [0.5, 0.6) is 0 Å². The van der Waals surface area contributed by atoms with E-state index in [1.807, 2.05) is 0 Å². The molecule has 1 N–H and O–H groups in total. The summed E-state index contributed by atoms with van der Waals surface area (Å²) in [5, 5.41) is 3.74. The first kappa shape index (κ1) is 13.0. The Hall–Kier alpha value is -0.0400. The highest BCUT2D eigenvalue weighted by atomic mass is 15.0. The van der Waals surface area contributed by atoms with Gasteiger partial charge >= 0.3 is 0 Å². The standard InChI is InChI=1S/C12H27N/c1-7-9-12(6,10(3)4)13-11(5)8-2/h10-11,13H,7-9H2,1-6H3. The minimum Gasteiger partial charge on any atom is -0.309 e. The van der Waals surface area contributed by atoms with Crippen LogP contribution in [0.1, 0.15) is 60.8 Å². The molecule has 2 atom stereocenters. The summed E-state index contributed by atoms with van der Waals surface area (Å²) >= 11 is 0. The van der Waals surface area contributed by atoms with E-state index in [-0.39, 0.29) is 0 Å². The van der Waals surface area contributed by atoms with Crippen LogP contribution in [0.3, 0.4) is 0 Å². The average molecular weight is 185 g/mol. The van der Waals surface area contributed by atoms with Crippen molar-refractivity contribution in [2.24, 2.45) is 5.92 Å².